The summed E-state index contributed by atoms with van der Waals surface area (Å²) >= 11 is 0. The first-order chi connectivity index (χ1) is 11.3. The van der Waals surface area contributed by atoms with Crippen molar-refractivity contribution in [1.29, 1.82) is 0 Å². The lowest BCUT2D eigenvalue weighted by atomic mass is 9.85. The van der Waals surface area contributed by atoms with Gasteiger partial charge in [-0.1, -0.05) is 60.7 Å². The molecule has 1 aliphatic carbocycles. The number of benzene rings is 2. The van der Waals surface area contributed by atoms with Crippen molar-refractivity contribution in [2.45, 2.75) is 11.8 Å². The van der Waals surface area contributed by atoms with Gasteiger partial charge in [0.15, 0.2) is 0 Å². The van der Waals surface area contributed by atoms with Gasteiger partial charge < -0.3 is 9.64 Å². The van der Waals surface area contributed by atoms with Crippen LogP contribution in [0.4, 0.5) is 0 Å². The summed E-state index contributed by atoms with van der Waals surface area (Å²) in [5.41, 5.74) is 2.34. The Morgan fingerprint density at radius 2 is 1.43 bits per heavy atom. The molecule has 118 valence electrons. The lowest BCUT2D eigenvalue weighted by Crippen LogP contribution is -2.42. The fourth-order valence-corrected chi connectivity index (χ4v) is 3.84. The van der Waals surface area contributed by atoms with Crippen molar-refractivity contribution < 1.29 is 9.53 Å². The molecule has 2 aliphatic rings. The normalized spacial score (nSPS) is 22.6. The molecule has 0 aromatic heterocycles. The summed E-state index contributed by atoms with van der Waals surface area (Å²) in [5.74, 6) is 0.325. The maximum Gasteiger partial charge on any atom is 0.227 e. The third-order valence-electron chi connectivity index (χ3n) is 5.16. The van der Waals surface area contributed by atoms with Crippen LogP contribution in [0.15, 0.2) is 60.7 Å². The lowest BCUT2D eigenvalue weighted by Gasteiger charge is -2.28. The van der Waals surface area contributed by atoms with E-state index in [-0.39, 0.29) is 17.2 Å². The van der Waals surface area contributed by atoms with E-state index in [0.29, 0.717) is 13.2 Å². The molecule has 0 N–H and O–H groups in total. The van der Waals surface area contributed by atoms with Gasteiger partial charge in [-0.3, -0.25) is 4.79 Å². The number of rotatable bonds is 3. The molecule has 2 aromatic carbocycles. The van der Waals surface area contributed by atoms with E-state index in [1.54, 1.807) is 0 Å². The Kier molecular flexibility index (Phi) is 3.66. The molecule has 2 fully saturated rings. The van der Waals surface area contributed by atoms with Crippen LogP contribution in [0.25, 0.3) is 0 Å². The van der Waals surface area contributed by atoms with Gasteiger partial charge in [-0.15, -0.1) is 0 Å². The van der Waals surface area contributed by atoms with Gasteiger partial charge >= 0.3 is 0 Å². The van der Waals surface area contributed by atoms with Crippen molar-refractivity contribution in [2.24, 2.45) is 5.92 Å². The van der Waals surface area contributed by atoms with E-state index in [1.165, 1.54) is 11.1 Å². The van der Waals surface area contributed by atoms with Gasteiger partial charge in [-0.2, -0.15) is 0 Å². The summed E-state index contributed by atoms with van der Waals surface area (Å²) in [6.45, 7) is 2.74. The van der Waals surface area contributed by atoms with Crippen LogP contribution in [0.1, 0.15) is 17.5 Å². The fourth-order valence-electron chi connectivity index (χ4n) is 3.84. The van der Waals surface area contributed by atoms with Gasteiger partial charge in [0.1, 0.15) is 0 Å². The second kappa shape index (κ2) is 5.82. The Bertz CT molecular complexity index is 638. The summed E-state index contributed by atoms with van der Waals surface area (Å²) in [7, 11) is 0. The van der Waals surface area contributed by atoms with E-state index >= 15 is 0 Å². The highest BCUT2D eigenvalue weighted by molar-refractivity contribution is 5.86. The minimum atomic E-state index is -0.155. The second-order valence-corrected chi connectivity index (χ2v) is 6.40. The maximum absolute atomic E-state index is 13.0. The average molecular weight is 307 g/mol. The predicted octanol–water partition coefficient (Wildman–Crippen LogP) is 2.85. The number of hydrogen-bond acceptors (Lipinski definition) is 2. The zero-order chi connectivity index (χ0) is 15.7. The molecule has 0 bridgehead atoms. The monoisotopic (exact) mass is 307 g/mol. The highest BCUT2D eigenvalue weighted by atomic mass is 16.5. The van der Waals surface area contributed by atoms with E-state index < -0.39 is 0 Å². The number of amides is 1. The van der Waals surface area contributed by atoms with E-state index in [0.717, 1.165) is 19.5 Å². The van der Waals surface area contributed by atoms with Gasteiger partial charge in [0.05, 0.1) is 19.1 Å². The van der Waals surface area contributed by atoms with Gasteiger partial charge in [-0.25, -0.2) is 0 Å². The summed E-state index contributed by atoms with van der Waals surface area (Å²) < 4.78 is 5.38. The SMILES string of the molecule is O=C([C@H]1CC1(c1ccccc1)c1ccccc1)N1CCOCC1. The largest absolute Gasteiger partial charge is 0.378 e. The number of carbonyl (C=O) groups is 1. The van der Waals surface area contributed by atoms with Crippen molar-refractivity contribution in [1.82, 2.24) is 4.90 Å². The molecular formula is C20H21NO2. The van der Waals surface area contributed by atoms with Gasteiger partial charge in [0, 0.05) is 18.5 Å². The van der Waals surface area contributed by atoms with Crippen molar-refractivity contribution in [3.63, 3.8) is 0 Å². The molecule has 0 radical (unpaired) electrons. The Morgan fingerprint density at radius 1 is 0.913 bits per heavy atom. The lowest BCUT2D eigenvalue weighted by molar-refractivity contribution is -0.137. The quantitative estimate of drug-likeness (QED) is 0.872. The molecule has 1 amide bonds. The van der Waals surface area contributed by atoms with Crippen LogP contribution in [0.2, 0.25) is 0 Å². The third-order valence-corrected chi connectivity index (χ3v) is 5.16. The molecule has 3 nitrogen and oxygen atoms in total. The standard InChI is InChI=1S/C20H21NO2/c22-19(21-11-13-23-14-12-21)18-15-20(18,16-7-3-1-4-8-16)17-9-5-2-6-10-17/h1-10,18H,11-15H2/t18-/m1/s1. The number of morpholine rings is 1. The Labute approximate surface area is 136 Å². The Balaban J connectivity index is 1.68. The van der Waals surface area contributed by atoms with Crippen molar-refractivity contribution >= 4 is 5.91 Å². The molecule has 1 atom stereocenters. The zero-order valence-corrected chi connectivity index (χ0v) is 13.2. The molecule has 2 aromatic rings. The Morgan fingerprint density at radius 3 is 1.96 bits per heavy atom. The Hall–Kier alpha value is -2.13. The van der Waals surface area contributed by atoms with Crippen LogP contribution in [0.5, 0.6) is 0 Å². The highest BCUT2D eigenvalue weighted by Gasteiger charge is 2.60. The topological polar surface area (TPSA) is 29.5 Å². The molecule has 1 aliphatic heterocycles. The molecule has 23 heavy (non-hydrogen) atoms. The minimum absolute atomic E-state index is 0.0467. The average Bonchev–Trinajstić information content (AvgIpc) is 3.40. The molecule has 4 rings (SSSR count). The molecule has 0 spiro atoms. The third kappa shape index (κ3) is 2.45. The van der Waals surface area contributed by atoms with Crippen LogP contribution in [-0.2, 0) is 14.9 Å². The molecule has 1 saturated carbocycles. The van der Waals surface area contributed by atoms with Crippen LogP contribution in [0.3, 0.4) is 0 Å². The van der Waals surface area contributed by atoms with Crippen LogP contribution >= 0.6 is 0 Å². The summed E-state index contributed by atoms with van der Waals surface area (Å²) in [4.78, 5) is 15.0. The first-order valence-corrected chi connectivity index (χ1v) is 8.30. The first kappa shape index (κ1) is 14.5. The van der Waals surface area contributed by atoms with E-state index in [1.807, 2.05) is 17.0 Å². The van der Waals surface area contributed by atoms with Crippen LogP contribution in [-0.4, -0.2) is 37.1 Å². The zero-order valence-electron chi connectivity index (χ0n) is 13.2. The van der Waals surface area contributed by atoms with Gasteiger partial charge in [-0.05, 0) is 17.5 Å². The van der Waals surface area contributed by atoms with Gasteiger partial charge in [0.2, 0.25) is 5.91 Å². The number of carbonyl (C=O) groups excluding carboxylic acids is 1. The van der Waals surface area contributed by atoms with Crippen molar-refractivity contribution in [3.8, 4) is 0 Å². The highest BCUT2D eigenvalue weighted by Crippen LogP contribution is 2.59. The molecular weight excluding hydrogens is 286 g/mol. The van der Waals surface area contributed by atoms with Crippen LogP contribution in [0, 0.1) is 5.92 Å². The second-order valence-electron chi connectivity index (χ2n) is 6.40. The molecule has 1 heterocycles. The smallest absolute Gasteiger partial charge is 0.227 e. The predicted molar refractivity (Wildman–Crippen MR) is 89.2 cm³/mol. The summed E-state index contributed by atoms with van der Waals surface area (Å²) in [5, 5.41) is 0. The van der Waals surface area contributed by atoms with E-state index in [9.17, 15) is 4.79 Å². The van der Waals surface area contributed by atoms with Gasteiger partial charge in [0.25, 0.3) is 0 Å². The van der Waals surface area contributed by atoms with E-state index in [2.05, 4.69) is 48.5 Å². The fraction of sp³-hybridized carbons (Fsp3) is 0.350. The molecule has 1 saturated heterocycles. The summed E-state index contributed by atoms with van der Waals surface area (Å²) in [6, 6.07) is 20.9. The van der Waals surface area contributed by atoms with Crippen LogP contribution < -0.4 is 0 Å². The maximum atomic E-state index is 13.0. The molecule has 0 unspecified atom stereocenters. The summed E-state index contributed by atoms with van der Waals surface area (Å²) in [6.07, 6.45) is 0.900. The van der Waals surface area contributed by atoms with Crippen molar-refractivity contribution in [3.05, 3.63) is 71.8 Å². The first-order valence-electron chi connectivity index (χ1n) is 8.30. The number of nitrogens with zero attached hydrogens (tertiary/aromatic N) is 1. The number of ether oxygens (including phenoxy) is 1. The molecule has 3 heteroatoms. The van der Waals surface area contributed by atoms with E-state index in [4.69, 9.17) is 4.74 Å². The number of hydrogen-bond donors (Lipinski definition) is 0. The van der Waals surface area contributed by atoms with Crippen molar-refractivity contribution in [2.75, 3.05) is 26.3 Å². The minimum Gasteiger partial charge on any atom is -0.378 e.